The van der Waals surface area contributed by atoms with Gasteiger partial charge in [0.25, 0.3) is 5.91 Å². The highest BCUT2D eigenvalue weighted by atomic mass is 16.2. The van der Waals surface area contributed by atoms with Gasteiger partial charge in [-0.2, -0.15) is 0 Å². The number of likely N-dealkylation sites (tertiary alicyclic amines) is 1. The summed E-state index contributed by atoms with van der Waals surface area (Å²) in [6.45, 7) is 2.53. The number of anilines is 1. The Morgan fingerprint density at radius 3 is 1.94 bits per heavy atom. The Hall–Kier alpha value is -3.77. The summed E-state index contributed by atoms with van der Waals surface area (Å²) < 4.78 is 0. The topological polar surface area (TPSA) is 69.7 Å². The molecule has 170 valence electrons. The second-order valence-electron chi connectivity index (χ2n) is 9.39. The lowest BCUT2D eigenvalue weighted by atomic mass is 9.76. The van der Waals surface area contributed by atoms with Crippen LogP contribution in [0.5, 0.6) is 0 Å². The molecule has 4 atom stereocenters. The summed E-state index contributed by atoms with van der Waals surface area (Å²) in [4.78, 5) is 44.6. The van der Waals surface area contributed by atoms with E-state index in [1.165, 1.54) is 4.90 Å². The van der Waals surface area contributed by atoms with E-state index in [4.69, 9.17) is 0 Å². The summed E-state index contributed by atoms with van der Waals surface area (Å²) in [6, 6.07) is 26.6. The molecule has 6 nitrogen and oxygen atoms in total. The van der Waals surface area contributed by atoms with Crippen molar-refractivity contribution in [3.63, 3.8) is 0 Å². The second kappa shape index (κ2) is 7.64. The summed E-state index contributed by atoms with van der Waals surface area (Å²) >= 11 is 0. The number of para-hydroxylation sites is 1. The van der Waals surface area contributed by atoms with Crippen LogP contribution in [0.1, 0.15) is 23.6 Å². The highest BCUT2D eigenvalue weighted by Gasteiger charge is 2.70. The fourth-order valence-electron chi connectivity index (χ4n) is 6.01. The van der Waals surface area contributed by atoms with Gasteiger partial charge in [-0.25, -0.2) is 0 Å². The molecular formula is C28H25N3O3. The van der Waals surface area contributed by atoms with E-state index in [1.54, 1.807) is 4.90 Å². The molecule has 3 aromatic rings. The molecule has 0 radical (unpaired) electrons. The number of nitrogens with zero attached hydrogens (tertiary/aromatic N) is 2. The van der Waals surface area contributed by atoms with Gasteiger partial charge in [-0.1, -0.05) is 78.9 Å². The Morgan fingerprint density at radius 1 is 0.735 bits per heavy atom. The predicted molar refractivity (Wildman–Crippen MR) is 127 cm³/mol. The Balaban J connectivity index is 1.42. The number of benzene rings is 3. The third kappa shape index (κ3) is 2.82. The third-order valence-electron chi connectivity index (χ3n) is 7.47. The minimum absolute atomic E-state index is 0.167. The molecule has 3 aromatic carbocycles. The maximum atomic E-state index is 14.2. The molecule has 3 heterocycles. The first-order valence-electron chi connectivity index (χ1n) is 11.6. The summed E-state index contributed by atoms with van der Waals surface area (Å²) in [5, 5.41) is 3.44. The SMILES string of the molecule is C[C@@H]1N[C@]2(C(=O)N(Cc3ccccc3)c3ccccc32)[C@H]2C(=O)N(Cc3ccccc3)C(=O)[C@H]12. The number of hydrogen-bond donors (Lipinski definition) is 1. The fraction of sp³-hybridized carbons (Fsp3) is 0.250. The number of imide groups is 1. The molecule has 0 saturated carbocycles. The van der Waals surface area contributed by atoms with Crippen LogP contribution >= 0.6 is 0 Å². The lowest BCUT2D eigenvalue weighted by Gasteiger charge is -2.30. The van der Waals surface area contributed by atoms with Crippen molar-refractivity contribution in [3.8, 4) is 0 Å². The van der Waals surface area contributed by atoms with Crippen molar-refractivity contribution in [2.75, 3.05) is 4.90 Å². The molecule has 34 heavy (non-hydrogen) atoms. The minimum Gasteiger partial charge on any atom is -0.306 e. The van der Waals surface area contributed by atoms with Crippen molar-refractivity contribution in [2.45, 2.75) is 31.6 Å². The molecule has 0 unspecified atom stereocenters. The molecule has 1 N–H and O–H groups in total. The van der Waals surface area contributed by atoms with Gasteiger partial charge in [-0.3, -0.25) is 24.6 Å². The normalized spacial score (nSPS) is 27.6. The summed E-state index contributed by atoms with van der Waals surface area (Å²) in [7, 11) is 0. The quantitative estimate of drug-likeness (QED) is 0.619. The van der Waals surface area contributed by atoms with E-state index in [1.807, 2.05) is 91.9 Å². The number of fused-ring (bicyclic) bond motifs is 4. The Kier molecular flexibility index (Phi) is 4.67. The van der Waals surface area contributed by atoms with Crippen molar-refractivity contribution in [1.82, 2.24) is 10.2 Å². The molecule has 3 aliphatic heterocycles. The zero-order valence-corrected chi connectivity index (χ0v) is 18.8. The van der Waals surface area contributed by atoms with E-state index in [2.05, 4.69) is 5.32 Å². The molecule has 3 aliphatic rings. The van der Waals surface area contributed by atoms with E-state index in [0.29, 0.717) is 6.54 Å². The first kappa shape index (κ1) is 20.8. The number of hydrogen-bond acceptors (Lipinski definition) is 4. The lowest BCUT2D eigenvalue weighted by molar-refractivity contribution is -0.143. The van der Waals surface area contributed by atoms with Gasteiger partial charge in [0.2, 0.25) is 11.8 Å². The Morgan fingerprint density at radius 2 is 1.29 bits per heavy atom. The van der Waals surface area contributed by atoms with Gasteiger partial charge < -0.3 is 4.90 Å². The van der Waals surface area contributed by atoms with E-state index >= 15 is 0 Å². The highest BCUT2D eigenvalue weighted by Crippen LogP contribution is 2.54. The fourth-order valence-corrected chi connectivity index (χ4v) is 6.01. The van der Waals surface area contributed by atoms with Crippen LogP contribution in [-0.2, 0) is 33.0 Å². The van der Waals surface area contributed by atoms with Crippen molar-refractivity contribution >= 4 is 23.4 Å². The van der Waals surface area contributed by atoms with Crippen molar-refractivity contribution in [2.24, 2.45) is 11.8 Å². The number of carbonyl (C=O) groups excluding carboxylic acids is 3. The van der Waals surface area contributed by atoms with Gasteiger partial charge in [0.05, 0.1) is 24.9 Å². The zero-order chi connectivity index (χ0) is 23.4. The monoisotopic (exact) mass is 451 g/mol. The van der Waals surface area contributed by atoms with Crippen LogP contribution in [0.3, 0.4) is 0 Å². The van der Waals surface area contributed by atoms with Crippen LogP contribution in [0.25, 0.3) is 0 Å². The minimum atomic E-state index is -1.24. The molecule has 2 fully saturated rings. The molecule has 6 heteroatoms. The van der Waals surface area contributed by atoms with Crippen molar-refractivity contribution < 1.29 is 14.4 Å². The summed E-state index contributed by atoms with van der Waals surface area (Å²) in [5.74, 6) is -2.00. The molecule has 3 amide bonds. The van der Waals surface area contributed by atoms with E-state index < -0.39 is 17.4 Å². The first-order valence-corrected chi connectivity index (χ1v) is 11.6. The van der Waals surface area contributed by atoms with Gasteiger partial charge in [-0.15, -0.1) is 0 Å². The largest absolute Gasteiger partial charge is 0.306 e. The second-order valence-corrected chi connectivity index (χ2v) is 9.39. The van der Waals surface area contributed by atoms with Crippen LogP contribution in [-0.4, -0.2) is 28.7 Å². The molecule has 0 bridgehead atoms. The summed E-state index contributed by atoms with van der Waals surface area (Å²) in [5.41, 5.74) is 2.22. The molecule has 2 saturated heterocycles. The first-order chi connectivity index (χ1) is 16.5. The van der Waals surface area contributed by atoms with E-state index in [0.717, 1.165) is 22.4 Å². The molecule has 6 rings (SSSR count). The standard InChI is InChI=1S/C28H25N3O3/c1-18-23-24(26(33)31(25(23)32)17-20-12-6-3-7-13-20)28(29-18)21-14-8-9-15-22(21)30(27(28)34)16-19-10-4-2-5-11-19/h2-15,18,23-24,29H,16-17H2,1H3/t18-,23+,24+,28-/m0/s1. The molecule has 1 spiro atoms. The predicted octanol–water partition coefficient (Wildman–Crippen LogP) is 3.22. The average molecular weight is 452 g/mol. The van der Waals surface area contributed by atoms with Crippen molar-refractivity contribution in [1.29, 1.82) is 0 Å². The van der Waals surface area contributed by atoms with E-state index in [9.17, 15) is 14.4 Å². The number of amides is 3. The highest BCUT2D eigenvalue weighted by molar-refractivity contribution is 6.16. The van der Waals surface area contributed by atoms with Crippen LogP contribution in [0, 0.1) is 11.8 Å². The average Bonchev–Trinajstić information content (AvgIpc) is 3.40. The van der Waals surface area contributed by atoms with Crippen LogP contribution in [0.15, 0.2) is 84.9 Å². The maximum absolute atomic E-state index is 14.2. The number of nitrogens with one attached hydrogen (secondary N) is 1. The van der Waals surface area contributed by atoms with Crippen LogP contribution < -0.4 is 10.2 Å². The van der Waals surface area contributed by atoms with Gasteiger partial charge in [-0.05, 0) is 24.1 Å². The van der Waals surface area contributed by atoms with Crippen molar-refractivity contribution in [3.05, 3.63) is 102 Å². The van der Waals surface area contributed by atoms with E-state index in [-0.39, 0.29) is 30.3 Å². The Labute approximate surface area is 198 Å². The molecular weight excluding hydrogens is 426 g/mol. The Bertz CT molecular complexity index is 1290. The third-order valence-corrected chi connectivity index (χ3v) is 7.47. The maximum Gasteiger partial charge on any atom is 0.253 e. The molecule has 0 aliphatic carbocycles. The number of rotatable bonds is 4. The molecule has 0 aromatic heterocycles. The van der Waals surface area contributed by atoms with Crippen LogP contribution in [0.2, 0.25) is 0 Å². The zero-order valence-electron chi connectivity index (χ0n) is 18.8. The summed E-state index contributed by atoms with van der Waals surface area (Å²) in [6.07, 6.45) is 0. The smallest absolute Gasteiger partial charge is 0.253 e. The van der Waals surface area contributed by atoms with Gasteiger partial charge in [0.15, 0.2) is 0 Å². The van der Waals surface area contributed by atoms with Crippen LogP contribution in [0.4, 0.5) is 5.69 Å². The van der Waals surface area contributed by atoms with Gasteiger partial charge in [0.1, 0.15) is 5.54 Å². The number of carbonyl (C=O) groups is 3. The van der Waals surface area contributed by atoms with Gasteiger partial charge >= 0.3 is 0 Å². The van der Waals surface area contributed by atoms with Gasteiger partial charge in [0, 0.05) is 17.3 Å². The lowest BCUT2D eigenvalue weighted by Crippen LogP contribution is -2.54.